The van der Waals surface area contributed by atoms with Crippen LogP contribution >= 0.6 is 23.2 Å². The number of halogens is 2. The molecule has 3 aromatic rings. The fourth-order valence-corrected chi connectivity index (χ4v) is 5.10. The predicted octanol–water partition coefficient (Wildman–Crippen LogP) is 7.40. The second-order valence-corrected chi connectivity index (χ2v) is 8.48. The van der Waals surface area contributed by atoms with Crippen LogP contribution in [-0.2, 0) is 6.61 Å². The summed E-state index contributed by atoms with van der Waals surface area (Å²) < 4.78 is 6.25. The van der Waals surface area contributed by atoms with E-state index in [0.717, 1.165) is 23.4 Å². The monoisotopic (exact) mass is 421 g/mol. The van der Waals surface area contributed by atoms with Crippen LogP contribution in [0.1, 0.15) is 35.1 Å². The van der Waals surface area contributed by atoms with E-state index < -0.39 is 0 Å². The van der Waals surface area contributed by atoms with Gasteiger partial charge >= 0.3 is 0 Å². The van der Waals surface area contributed by atoms with Crippen molar-refractivity contribution >= 4 is 28.9 Å². The number of allylic oxidation sites excluding steroid dienone is 2. The molecule has 0 fully saturated rings. The quantitative estimate of drug-likeness (QED) is 0.443. The standard InChI is InChI=1S/C25H21Cl2NO/c26-17-13-21-18-10-6-11-19(18)24(28-25(21)22(27)14-17)20-9-4-5-12-23(20)29-15-16-7-2-1-3-8-16/h1-10,12-14,18-19,24,28H,11,15H2. The van der Waals surface area contributed by atoms with E-state index in [-0.39, 0.29) is 6.04 Å². The van der Waals surface area contributed by atoms with Gasteiger partial charge in [-0.1, -0.05) is 83.9 Å². The summed E-state index contributed by atoms with van der Waals surface area (Å²) in [6.07, 6.45) is 5.57. The Hall–Kier alpha value is -2.42. The Balaban J connectivity index is 1.50. The van der Waals surface area contributed by atoms with Gasteiger partial charge in [0.15, 0.2) is 0 Å². The van der Waals surface area contributed by atoms with Gasteiger partial charge in [0.2, 0.25) is 0 Å². The molecule has 3 atom stereocenters. The van der Waals surface area contributed by atoms with E-state index in [2.05, 4.69) is 47.8 Å². The molecule has 1 aliphatic carbocycles. The van der Waals surface area contributed by atoms with E-state index in [4.69, 9.17) is 27.9 Å². The first-order valence-corrected chi connectivity index (χ1v) is 10.6. The topological polar surface area (TPSA) is 21.3 Å². The maximum atomic E-state index is 6.57. The number of hydrogen-bond acceptors (Lipinski definition) is 2. The minimum atomic E-state index is 0.119. The first kappa shape index (κ1) is 18.6. The summed E-state index contributed by atoms with van der Waals surface area (Å²) in [4.78, 5) is 0. The Morgan fingerprint density at radius 3 is 2.59 bits per heavy atom. The second-order valence-electron chi connectivity index (χ2n) is 7.64. The van der Waals surface area contributed by atoms with Crippen molar-refractivity contribution in [2.75, 3.05) is 5.32 Å². The zero-order valence-electron chi connectivity index (χ0n) is 15.8. The molecule has 0 spiro atoms. The van der Waals surface area contributed by atoms with Gasteiger partial charge in [0.05, 0.1) is 16.8 Å². The lowest BCUT2D eigenvalue weighted by Gasteiger charge is -2.38. The molecule has 2 aliphatic rings. The number of rotatable bonds is 4. The third-order valence-electron chi connectivity index (χ3n) is 5.88. The first-order valence-electron chi connectivity index (χ1n) is 9.88. The van der Waals surface area contributed by atoms with Crippen molar-refractivity contribution in [1.29, 1.82) is 0 Å². The summed E-state index contributed by atoms with van der Waals surface area (Å²) in [6.45, 7) is 0.546. The van der Waals surface area contributed by atoms with Gasteiger partial charge in [-0.15, -0.1) is 0 Å². The summed E-state index contributed by atoms with van der Waals surface area (Å²) in [7, 11) is 0. The average molecular weight is 422 g/mol. The van der Waals surface area contributed by atoms with Crippen LogP contribution in [0.25, 0.3) is 0 Å². The van der Waals surface area contributed by atoms with E-state index >= 15 is 0 Å². The number of ether oxygens (including phenoxy) is 1. The van der Waals surface area contributed by atoms with Crippen molar-refractivity contribution in [1.82, 2.24) is 0 Å². The highest BCUT2D eigenvalue weighted by molar-refractivity contribution is 6.36. The van der Waals surface area contributed by atoms with Crippen LogP contribution in [0.4, 0.5) is 5.69 Å². The number of para-hydroxylation sites is 1. The molecule has 0 aromatic heterocycles. The van der Waals surface area contributed by atoms with Crippen molar-refractivity contribution in [2.24, 2.45) is 5.92 Å². The van der Waals surface area contributed by atoms with Gasteiger partial charge < -0.3 is 10.1 Å². The van der Waals surface area contributed by atoms with Gasteiger partial charge in [0, 0.05) is 16.5 Å². The zero-order valence-corrected chi connectivity index (χ0v) is 17.3. The maximum absolute atomic E-state index is 6.57. The number of nitrogens with one attached hydrogen (secondary N) is 1. The van der Waals surface area contributed by atoms with Crippen LogP contribution in [-0.4, -0.2) is 0 Å². The van der Waals surface area contributed by atoms with Crippen molar-refractivity contribution in [3.63, 3.8) is 0 Å². The SMILES string of the molecule is Clc1cc(Cl)c2c(c1)C1C=CCC1C(c1ccccc1OCc1ccccc1)N2. The molecule has 1 heterocycles. The molecule has 0 amide bonds. The number of fused-ring (bicyclic) bond motifs is 3. The third kappa shape index (κ3) is 3.52. The molecule has 0 radical (unpaired) electrons. The summed E-state index contributed by atoms with van der Waals surface area (Å²) in [5, 5.41) is 5.05. The molecule has 0 saturated carbocycles. The van der Waals surface area contributed by atoms with Crippen molar-refractivity contribution in [3.8, 4) is 5.75 Å². The summed E-state index contributed by atoms with van der Waals surface area (Å²) in [6, 6.07) is 22.5. The average Bonchev–Trinajstić information content (AvgIpc) is 3.23. The first-order chi connectivity index (χ1) is 14.2. The van der Waals surface area contributed by atoms with E-state index in [0.29, 0.717) is 28.5 Å². The van der Waals surface area contributed by atoms with Crippen LogP contribution in [0.15, 0.2) is 78.9 Å². The highest BCUT2D eigenvalue weighted by Crippen LogP contribution is 2.53. The predicted molar refractivity (Wildman–Crippen MR) is 120 cm³/mol. The lowest BCUT2D eigenvalue weighted by Crippen LogP contribution is -2.29. The van der Waals surface area contributed by atoms with Crippen molar-refractivity contribution < 1.29 is 4.74 Å². The van der Waals surface area contributed by atoms with Crippen LogP contribution in [0.3, 0.4) is 0 Å². The van der Waals surface area contributed by atoms with Gasteiger partial charge in [-0.05, 0) is 41.7 Å². The van der Waals surface area contributed by atoms with Crippen molar-refractivity contribution in [2.45, 2.75) is 25.0 Å². The molecule has 146 valence electrons. The molecular formula is C25H21Cl2NO. The molecule has 1 N–H and O–H groups in total. The van der Waals surface area contributed by atoms with Crippen LogP contribution in [0.5, 0.6) is 5.75 Å². The molecule has 0 saturated heterocycles. The largest absolute Gasteiger partial charge is 0.489 e. The number of hydrogen-bond donors (Lipinski definition) is 1. The Morgan fingerprint density at radius 2 is 1.72 bits per heavy atom. The normalized spacial score (nSPS) is 21.9. The number of anilines is 1. The Morgan fingerprint density at radius 1 is 0.931 bits per heavy atom. The zero-order chi connectivity index (χ0) is 19.8. The summed E-state index contributed by atoms with van der Waals surface area (Å²) in [5.74, 6) is 1.61. The lowest BCUT2D eigenvalue weighted by molar-refractivity contribution is 0.296. The fourth-order valence-electron chi connectivity index (χ4n) is 4.53. The van der Waals surface area contributed by atoms with E-state index in [1.807, 2.05) is 36.4 Å². The highest BCUT2D eigenvalue weighted by Gasteiger charge is 2.39. The lowest BCUT2D eigenvalue weighted by atomic mass is 9.77. The van der Waals surface area contributed by atoms with E-state index in [1.165, 1.54) is 11.1 Å². The molecule has 0 bridgehead atoms. The molecule has 5 rings (SSSR count). The molecule has 29 heavy (non-hydrogen) atoms. The van der Waals surface area contributed by atoms with Gasteiger partial charge in [0.1, 0.15) is 12.4 Å². The van der Waals surface area contributed by atoms with Gasteiger partial charge in [-0.2, -0.15) is 0 Å². The van der Waals surface area contributed by atoms with E-state index in [1.54, 1.807) is 0 Å². The van der Waals surface area contributed by atoms with Crippen LogP contribution in [0.2, 0.25) is 10.0 Å². The third-order valence-corrected chi connectivity index (χ3v) is 6.39. The van der Waals surface area contributed by atoms with Crippen LogP contribution < -0.4 is 10.1 Å². The number of benzene rings is 3. The minimum Gasteiger partial charge on any atom is -0.489 e. The molecule has 3 aromatic carbocycles. The van der Waals surface area contributed by atoms with Gasteiger partial charge in [-0.3, -0.25) is 0 Å². The Labute approximate surface area is 181 Å². The molecular weight excluding hydrogens is 401 g/mol. The summed E-state index contributed by atoms with van der Waals surface area (Å²) >= 11 is 12.9. The molecule has 2 nitrogen and oxygen atoms in total. The molecule has 4 heteroatoms. The maximum Gasteiger partial charge on any atom is 0.125 e. The van der Waals surface area contributed by atoms with E-state index in [9.17, 15) is 0 Å². The highest BCUT2D eigenvalue weighted by atomic mass is 35.5. The van der Waals surface area contributed by atoms with Gasteiger partial charge in [0.25, 0.3) is 0 Å². The summed E-state index contributed by atoms with van der Waals surface area (Å²) in [5.41, 5.74) is 4.48. The molecule has 3 unspecified atom stereocenters. The van der Waals surface area contributed by atoms with Crippen LogP contribution in [0, 0.1) is 5.92 Å². The van der Waals surface area contributed by atoms with Gasteiger partial charge in [-0.25, -0.2) is 0 Å². The smallest absolute Gasteiger partial charge is 0.125 e. The molecule has 1 aliphatic heterocycles. The second kappa shape index (κ2) is 7.78. The Kier molecular flexibility index (Phi) is 4.99. The fraction of sp³-hybridized carbons (Fsp3) is 0.200. The minimum absolute atomic E-state index is 0.119. The van der Waals surface area contributed by atoms with Crippen molar-refractivity contribution in [3.05, 3.63) is 106 Å². The Bertz CT molecular complexity index is 1060.